The number of ether oxygens (including phenoxy) is 1. The summed E-state index contributed by atoms with van der Waals surface area (Å²) in [5.41, 5.74) is 2.64. The third-order valence-corrected chi connectivity index (χ3v) is 3.65. The van der Waals surface area contributed by atoms with Crippen LogP contribution in [-0.2, 0) is 12.8 Å². The number of fused-ring (bicyclic) bond motifs is 1. The van der Waals surface area contributed by atoms with E-state index in [1.807, 2.05) is 19.1 Å². The summed E-state index contributed by atoms with van der Waals surface area (Å²) < 4.78 is 31.8. The molecule has 0 spiro atoms. The first-order valence-corrected chi connectivity index (χ1v) is 6.70. The molecule has 1 nitrogen and oxygen atoms in total. The molecule has 18 heavy (non-hydrogen) atoms. The van der Waals surface area contributed by atoms with Crippen LogP contribution < -0.4 is 4.74 Å². The van der Waals surface area contributed by atoms with Crippen LogP contribution in [0.15, 0.2) is 12.1 Å². The molecule has 0 saturated carbocycles. The highest BCUT2D eigenvalue weighted by molar-refractivity contribution is 5.50. The molecule has 0 saturated heterocycles. The van der Waals surface area contributed by atoms with Gasteiger partial charge in [-0.15, -0.1) is 0 Å². The standard InChI is InChI=1S/C15H20F2O/c1-4-6-10(3)12-8-7-11(5-2)14-13(12)9-15(16,17)18-14/h7-8,10H,4-6,9H2,1-3H3. The molecule has 1 aromatic carbocycles. The van der Waals surface area contributed by atoms with Gasteiger partial charge in [0.2, 0.25) is 0 Å². The van der Waals surface area contributed by atoms with Gasteiger partial charge >= 0.3 is 6.11 Å². The SMILES string of the molecule is CCCC(C)c1ccc(CC)c2c1CC(F)(F)O2. The summed E-state index contributed by atoms with van der Waals surface area (Å²) in [6, 6.07) is 3.94. The Bertz CT molecular complexity index is 440. The van der Waals surface area contributed by atoms with Crippen molar-refractivity contribution >= 4 is 0 Å². The number of hydrogen-bond donors (Lipinski definition) is 0. The molecule has 0 N–H and O–H groups in total. The Kier molecular flexibility index (Phi) is 3.60. The first-order chi connectivity index (χ1) is 8.48. The van der Waals surface area contributed by atoms with E-state index in [2.05, 4.69) is 13.8 Å². The molecular formula is C15H20F2O. The monoisotopic (exact) mass is 254 g/mol. The summed E-state index contributed by atoms with van der Waals surface area (Å²) in [6.07, 6.45) is -0.513. The van der Waals surface area contributed by atoms with Gasteiger partial charge in [-0.05, 0) is 29.9 Å². The van der Waals surface area contributed by atoms with Crippen LogP contribution in [0, 0.1) is 0 Å². The van der Waals surface area contributed by atoms with Gasteiger partial charge in [-0.1, -0.05) is 39.3 Å². The van der Waals surface area contributed by atoms with Crippen LogP contribution in [-0.4, -0.2) is 6.11 Å². The molecule has 0 bridgehead atoms. The maximum Gasteiger partial charge on any atom is 0.402 e. The van der Waals surface area contributed by atoms with E-state index in [0.717, 1.165) is 36.0 Å². The van der Waals surface area contributed by atoms with Crippen LogP contribution >= 0.6 is 0 Å². The van der Waals surface area contributed by atoms with Gasteiger partial charge in [0.15, 0.2) is 0 Å². The number of benzene rings is 1. The van der Waals surface area contributed by atoms with Gasteiger partial charge < -0.3 is 4.74 Å². The lowest BCUT2D eigenvalue weighted by Crippen LogP contribution is -2.21. The van der Waals surface area contributed by atoms with Crippen LogP contribution in [0.4, 0.5) is 8.78 Å². The lowest BCUT2D eigenvalue weighted by molar-refractivity contribution is -0.159. The summed E-state index contributed by atoms with van der Waals surface area (Å²) in [7, 11) is 0. The van der Waals surface area contributed by atoms with Gasteiger partial charge in [0.25, 0.3) is 0 Å². The van der Waals surface area contributed by atoms with Gasteiger partial charge in [-0.3, -0.25) is 0 Å². The van der Waals surface area contributed by atoms with Crippen molar-refractivity contribution in [2.24, 2.45) is 0 Å². The second-order valence-electron chi connectivity index (χ2n) is 5.08. The largest absolute Gasteiger partial charge is 0.432 e. The normalized spacial score (nSPS) is 18.3. The first kappa shape index (κ1) is 13.3. The quantitative estimate of drug-likeness (QED) is 0.758. The number of alkyl halides is 2. The van der Waals surface area contributed by atoms with Crippen LogP contribution in [0.2, 0.25) is 0 Å². The molecule has 1 aliphatic rings. The Morgan fingerprint density at radius 1 is 1.33 bits per heavy atom. The minimum atomic E-state index is -3.03. The molecule has 0 aromatic heterocycles. The highest BCUT2D eigenvalue weighted by Crippen LogP contribution is 2.44. The zero-order valence-electron chi connectivity index (χ0n) is 11.2. The van der Waals surface area contributed by atoms with Gasteiger partial charge in [-0.25, -0.2) is 0 Å². The molecule has 2 rings (SSSR count). The van der Waals surface area contributed by atoms with Crippen LogP contribution in [0.5, 0.6) is 5.75 Å². The molecule has 1 heterocycles. The molecule has 100 valence electrons. The van der Waals surface area contributed by atoms with Crippen molar-refractivity contribution in [2.45, 2.75) is 58.5 Å². The van der Waals surface area contributed by atoms with Crippen LogP contribution in [0.3, 0.4) is 0 Å². The molecule has 1 unspecified atom stereocenters. The van der Waals surface area contributed by atoms with Gasteiger partial charge in [-0.2, -0.15) is 8.78 Å². The maximum absolute atomic E-state index is 13.5. The van der Waals surface area contributed by atoms with E-state index in [9.17, 15) is 8.78 Å². The highest BCUT2D eigenvalue weighted by atomic mass is 19.3. The van der Waals surface area contributed by atoms with Crippen molar-refractivity contribution in [3.8, 4) is 5.75 Å². The fourth-order valence-corrected chi connectivity index (χ4v) is 2.72. The molecule has 0 radical (unpaired) electrons. The average Bonchev–Trinajstić information content (AvgIpc) is 2.62. The highest BCUT2D eigenvalue weighted by Gasteiger charge is 2.42. The van der Waals surface area contributed by atoms with E-state index in [1.54, 1.807) is 0 Å². The Labute approximate surface area is 107 Å². The Morgan fingerprint density at radius 3 is 2.67 bits per heavy atom. The van der Waals surface area contributed by atoms with Crippen molar-refractivity contribution in [3.63, 3.8) is 0 Å². The van der Waals surface area contributed by atoms with E-state index in [0.29, 0.717) is 11.7 Å². The van der Waals surface area contributed by atoms with Crippen molar-refractivity contribution in [3.05, 3.63) is 28.8 Å². The Hall–Kier alpha value is -1.12. The van der Waals surface area contributed by atoms with Gasteiger partial charge in [0.05, 0.1) is 6.42 Å². The van der Waals surface area contributed by atoms with E-state index < -0.39 is 6.11 Å². The molecule has 1 aliphatic heterocycles. The first-order valence-electron chi connectivity index (χ1n) is 6.70. The Balaban J connectivity index is 2.44. The topological polar surface area (TPSA) is 9.23 Å². The van der Waals surface area contributed by atoms with Crippen molar-refractivity contribution < 1.29 is 13.5 Å². The van der Waals surface area contributed by atoms with Gasteiger partial charge in [0.1, 0.15) is 5.75 Å². The molecule has 0 aliphatic carbocycles. The average molecular weight is 254 g/mol. The van der Waals surface area contributed by atoms with E-state index in [-0.39, 0.29) is 6.42 Å². The fraction of sp³-hybridized carbons (Fsp3) is 0.600. The third kappa shape index (κ3) is 2.36. The molecule has 0 amide bonds. The Morgan fingerprint density at radius 2 is 2.06 bits per heavy atom. The van der Waals surface area contributed by atoms with Crippen LogP contribution in [0.1, 0.15) is 56.2 Å². The molecule has 1 atom stereocenters. The zero-order valence-corrected chi connectivity index (χ0v) is 11.2. The lowest BCUT2D eigenvalue weighted by atomic mass is 9.89. The molecule has 1 aromatic rings. The summed E-state index contributed by atoms with van der Waals surface area (Å²) in [5, 5.41) is 0. The predicted octanol–water partition coefficient (Wildman–Crippen LogP) is 4.68. The zero-order chi connectivity index (χ0) is 13.3. The number of halogens is 2. The van der Waals surface area contributed by atoms with E-state index in [1.165, 1.54) is 0 Å². The second kappa shape index (κ2) is 4.87. The summed E-state index contributed by atoms with van der Waals surface area (Å²) in [4.78, 5) is 0. The van der Waals surface area contributed by atoms with E-state index >= 15 is 0 Å². The predicted molar refractivity (Wildman–Crippen MR) is 68.4 cm³/mol. The lowest BCUT2D eigenvalue weighted by Gasteiger charge is -2.15. The third-order valence-electron chi connectivity index (χ3n) is 3.65. The van der Waals surface area contributed by atoms with E-state index in [4.69, 9.17) is 4.74 Å². The summed E-state index contributed by atoms with van der Waals surface area (Å²) in [6.45, 7) is 6.17. The minimum absolute atomic E-state index is 0.278. The summed E-state index contributed by atoms with van der Waals surface area (Å²) >= 11 is 0. The smallest absolute Gasteiger partial charge is 0.402 e. The van der Waals surface area contributed by atoms with Crippen molar-refractivity contribution in [1.29, 1.82) is 0 Å². The minimum Gasteiger partial charge on any atom is -0.432 e. The number of rotatable bonds is 4. The molecular weight excluding hydrogens is 234 g/mol. The summed E-state index contributed by atoms with van der Waals surface area (Å²) in [5.74, 6) is 0.745. The van der Waals surface area contributed by atoms with Crippen LogP contribution in [0.25, 0.3) is 0 Å². The van der Waals surface area contributed by atoms with Crippen molar-refractivity contribution in [1.82, 2.24) is 0 Å². The number of aryl methyl sites for hydroxylation is 1. The number of hydrogen-bond acceptors (Lipinski definition) is 1. The second-order valence-corrected chi connectivity index (χ2v) is 5.08. The maximum atomic E-state index is 13.5. The molecule has 0 fully saturated rings. The fourth-order valence-electron chi connectivity index (χ4n) is 2.72. The van der Waals surface area contributed by atoms with Crippen molar-refractivity contribution in [2.75, 3.05) is 0 Å². The van der Waals surface area contributed by atoms with Gasteiger partial charge in [0, 0.05) is 5.56 Å². The molecule has 3 heteroatoms.